The molecule has 0 aliphatic heterocycles. The summed E-state index contributed by atoms with van der Waals surface area (Å²) < 4.78 is 11.0. The first-order valence-electron chi connectivity index (χ1n) is 5.91. The minimum Gasteiger partial charge on any atom is -0.490 e. The normalized spacial score (nSPS) is 9.95. The van der Waals surface area contributed by atoms with Crippen molar-refractivity contribution in [3.05, 3.63) is 36.4 Å². The fourth-order valence-electron chi connectivity index (χ4n) is 1.47. The summed E-state index contributed by atoms with van der Waals surface area (Å²) in [5.41, 5.74) is 5.56. The molecule has 0 unspecified atom stereocenters. The summed E-state index contributed by atoms with van der Waals surface area (Å²) in [7, 11) is 1.75. The molecule has 1 aromatic heterocycles. The largest absolute Gasteiger partial charge is 0.490 e. The zero-order chi connectivity index (χ0) is 13.5. The second-order valence-electron chi connectivity index (χ2n) is 3.71. The van der Waals surface area contributed by atoms with Crippen LogP contribution in [0.4, 0.5) is 11.8 Å². The monoisotopic (exact) mass is 260 g/mol. The molecule has 0 aliphatic carbocycles. The van der Waals surface area contributed by atoms with E-state index in [0.29, 0.717) is 24.9 Å². The van der Waals surface area contributed by atoms with Crippen LogP contribution in [0.5, 0.6) is 11.6 Å². The summed E-state index contributed by atoms with van der Waals surface area (Å²) in [5, 5.41) is 2.88. The molecule has 0 atom stereocenters. The average molecular weight is 260 g/mol. The van der Waals surface area contributed by atoms with Crippen molar-refractivity contribution in [1.82, 2.24) is 9.97 Å². The molecule has 1 heterocycles. The predicted octanol–water partition coefficient (Wildman–Crippen LogP) is 1.56. The Labute approximate surface area is 111 Å². The molecule has 0 aliphatic rings. The smallest absolute Gasteiger partial charge is 0.225 e. The third kappa shape index (κ3) is 4.02. The van der Waals surface area contributed by atoms with Crippen molar-refractivity contribution in [3.8, 4) is 11.6 Å². The molecule has 0 spiro atoms. The van der Waals surface area contributed by atoms with E-state index in [-0.39, 0.29) is 5.95 Å². The highest BCUT2D eigenvalue weighted by Gasteiger charge is 2.02. The molecule has 0 fully saturated rings. The molecule has 6 nitrogen and oxygen atoms in total. The van der Waals surface area contributed by atoms with Crippen LogP contribution in [0, 0.1) is 0 Å². The van der Waals surface area contributed by atoms with Crippen LogP contribution in [0.15, 0.2) is 36.4 Å². The number of rotatable bonds is 6. The lowest BCUT2D eigenvalue weighted by Crippen LogP contribution is -2.11. The number of nitrogens with zero attached hydrogens (tertiary/aromatic N) is 2. The molecule has 3 N–H and O–H groups in total. The Bertz CT molecular complexity index is 519. The summed E-state index contributed by atoms with van der Waals surface area (Å²) >= 11 is 0. The Hall–Kier alpha value is -2.50. The van der Waals surface area contributed by atoms with Crippen LogP contribution in [0.1, 0.15) is 0 Å². The number of para-hydroxylation sites is 1. The number of anilines is 2. The van der Waals surface area contributed by atoms with Crippen LogP contribution in [-0.4, -0.2) is 30.2 Å². The van der Waals surface area contributed by atoms with Crippen LogP contribution >= 0.6 is 0 Å². The van der Waals surface area contributed by atoms with E-state index in [0.717, 1.165) is 5.75 Å². The minimum absolute atomic E-state index is 0.172. The second-order valence-corrected chi connectivity index (χ2v) is 3.71. The zero-order valence-electron chi connectivity index (χ0n) is 10.7. The Balaban J connectivity index is 1.81. The van der Waals surface area contributed by atoms with Crippen molar-refractivity contribution < 1.29 is 9.47 Å². The molecule has 19 heavy (non-hydrogen) atoms. The summed E-state index contributed by atoms with van der Waals surface area (Å²) in [6, 6.07) is 11.2. The molecule has 2 rings (SSSR count). The van der Waals surface area contributed by atoms with E-state index in [2.05, 4.69) is 15.3 Å². The van der Waals surface area contributed by atoms with E-state index in [4.69, 9.17) is 15.2 Å². The van der Waals surface area contributed by atoms with E-state index in [1.54, 1.807) is 13.1 Å². The van der Waals surface area contributed by atoms with Crippen molar-refractivity contribution in [1.29, 1.82) is 0 Å². The third-order valence-electron chi connectivity index (χ3n) is 2.32. The lowest BCUT2D eigenvalue weighted by Gasteiger charge is -2.09. The standard InChI is InChI=1S/C13H16N4O2/c1-15-11-9-12(17-13(14)16-11)19-8-7-18-10-5-3-2-4-6-10/h2-6,9H,7-8H2,1H3,(H3,14,15,16,17). The number of hydrogen-bond acceptors (Lipinski definition) is 6. The Morgan fingerprint density at radius 3 is 2.58 bits per heavy atom. The van der Waals surface area contributed by atoms with Gasteiger partial charge in [-0.25, -0.2) is 0 Å². The molecule has 1 aromatic carbocycles. The highest BCUT2D eigenvalue weighted by molar-refractivity contribution is 5.42. The number of nitrogens with one attached hydrogen (secondary N) is 1. The van der Waals surface area contributed by atoms with Crippen LogP contribution in [0.3, 0.4) is 0 Å². The Morgan fingerprint density at radius 1 is 1.11 bits per heavy atom. The van der Waals surface area contributed by atoms with Gasteiger partial charge >= 0.3 is 0 Å². The fraction of sp³-hybridized carbons (Fsp3) is 0.231. The van der Waals surface area contributed by atoms with E-state index in [1.165, 1.54) is 0 Å². The summed E-state index contributed by atoms with van der Waals surface area (Å²) in [6.07, 6.45) is 0. The van der Waals surface area contributed by atoms with Gasteiger partial charge in [0, 0.05) is 13.1 Å². The first-order chi connectivity index (χ1) is 9.28. The van der Waals surface area contributed by atoms with Gasteiger partial charge in [-0.15, -0.1) is 0 Å². The maximum Gasteiger partial charge on any atom is 0.225 e. The van der Waals surface area contributed by atoms with Gasteiger partial charge in [0.15, 0.2) is 0 Å². The van der Waals surface area contributed by atoms with Gasteiger partial charge in [0.25, 0.3) is 0 Å². The van der Waals surface area contributed by atoms with Crippen molar-refractivity contribution in [2.24, 2.45) is 0 Å². The summed E-state index contributed by atoms with van der Waals surface area (Å²) in [4.78, 5) is 7.95. The van der Waals surface area contributed by atoms with Crippen molar-refractivity contribution in [2.45, 2.75) is 0 Å². The lowest BCUT2D eigenvalue weighted by atomic mass is 10.3. The van der Waals surface area contributed by atoms with Gasteiger partial charge in [0.2, 0.25) is 11.8 Å². The van der Waals surface area contributed by atoms with Gasteiger partial charge in [0.05, 0.1) is 0 Å². The zero-order valence-corrected chi connectivity index (χ0v) is 10.7. The maximum atomic E-state index is 5.56. The van der Waals surface area contributed by atoms with Crippen LogP contribution in [0.2, 0.25) is 0 Å². The maximum absolute atomic E-state index is 5.56. The molecule has 0 saturated carbocycles. The van der Waals surface area contributed by atoms with Gasteiger partial charge in [0.1, 0.15) is 24.8 Å². The fourth-order valence-corrected chi connectivity index (χ4v) is 1.47. The van der Waals surface area contributed by atoms with Gasteiger partial charge in [-0.05, 0) is 12.1 Å². The van der Waals surface area contributed by atoms with Crippen LogP contribution in [0.25, 0.3) is 0 Å². The van der Waals surface area contributed by atoms with Crippen molar-refractivity contribution in [3.63, 3.8) is 0 Å². The third-order valence-corrected chi connectivity index (χ3v) is 2.32. The molecule has 0 saturated heterocycles. The predicted molar refractivity (Wildman–Crippen MR) is 73.4 cm³/mol. The molecule has 0 amide bonds. The van der Waals surface area contributed by atoms with E-state index < -0.39 is 0 Å². The number of nitrogen functional groups attached to an aromatic ring is 1. The van der Waals surface area contributed by atoms with Gasteiger partial charge in [-0.3, -0.25) is 0 Å². The van der Waals surface area contributed by atoms with Crippen LogP contribution in [-0.2, 0) is 0 Å². The number of ether oxygens (including phenoxy) is 2. The Morgan fingerprint density at radius 2 is 1.84 bits per heavy atom. The average Bonchev–Trinajstić information content (AvgIpc) is 2.44. The van der Waals surface area contributed by atoms with E-state index in [9.17, 15) is 0 Å². The van der Waals surface area contributed by atoms with Gasteiger partial charge < -0.3 is 20.5 Å². The summed E-state index contributed by atoms with van der Waals surface area (Å²) in [5.74, 6) is 2.02. The SMILES string of the molecule is CNc1cc(OCCOc2ccccc2)nc(N)n1. The van der Waals surface area contributed by atoms with Gasteiger partial charge in [-0.2, -0.15) is 9.97 Å². The first kappa shape index (κ1) is 12.9. The lowest BCUT2D eigenvalue weighted by molar-refractivity contribution is 0.212. The number of hydrogen-bond donors (Lipinski definition) is 2. The number of benzene rings is 1. The molecular formula is C13H16N4O2. The molecular weight excluding hydrogens is 244 g/mol. The second kappa shape index (κ2) is 6.44. The minimum atomic E-state index is 0.172. The molecule has 6 heteroatoms. The topological polar surface area (TPSA) is 82.3 Å². The van der Waals surface area contributed by atoms with E-state index >= 15 is 0 Å². The highest BCUT2D eigenvalue weighted by Crippen LogP contribution is 2.14. The first-order valence-corrected chi connectivity index (χ1v) is 5.91. The van der Waals surface area contributed by atoms with Crippen molar-refractivity contribution in [2.75, 3.05) is 31.3 Å². The van der Waals surface area contributed by atoms with E-state index in [1.807, 2.05) is 30.3 Å². The van der Waals surface area contributed by atoms with Crippen LogP contribution < -0.4 is 20.5 Å². The molecule has 2 aromatic rings. The summed E-state index contributed by atoms with van der Waals surface area (Å²) in [6.45, 7) is 0.817. The van der Waals surface area contributed by atoms with Crippen molar-refractivity contribution >= 4 is 11.8 Å². The molecule has 0 radical (unpaired) electrons. The molecule has 100 valence electrons. The van der Waals surface area contributed by atoms with Gasteiger partial charge in [-0.1, -0.05) is 18.2 Å². The number of aromatic nitrogens is 2. The number of nitrogens with two attached hydrogens (primary N) is 1. The quantitative estimate of drug-likeness (QED) is 0.767. The highest BCUT2D eigenvalue weighted by atomic mass is 16.5. The molecule has 0 bridgehead atoms. The Kier molecular flexibility index (Phi) is 4.39.